The molecule has 0 radical (unpaired) electrons. The summed E-state index contributed by atoms with van der Waals surface area (Å²) in [6.45, 7) is 0. The molecule has 0 N–H and O–H groups in total. The van der Waals surface area contributed by atoms with Crippen molar-refractivity contribution < 1.29 is 8.96 Å². The van der Waals surface area contributed by atoms with Crippen molar-refractivity contribution in [3.05, 3.63) is 12.3 Å². The van der Waals surface area contributed by atoms with Crippen LogP contribution in [0.1, 0.15) is 0 Å². The molecule has 0 atom stereocenters. The van der Waals surface area contributed by atoms with Gasteiger partial charge in [-0.1, -0.05) is 14.2 Å². The summed E-state index contributed by atoms with van der Waals surface area (Å²) in [4.78, 5) is 0. The average Bonchev–Trinajstić information content (AvgIpc) is 1.77. The number of hydrogen-bond donors (Lipinski definition) is 0. The van der Waals surface area contributed by atoms with Crippen molar-refractivity contribution >= 4 is 6.21 Å². The normalized spacial score (nSPS) is 17.8. The third-order valence-corrected chi connectivity index (χ3v) is 0.615. The van der Waals surface area contributed by atoms with Crippen LogP contribution in [0.15, 0.2) is 17.4 Å². The largest absolute Gasteiger partial charge is 0.131 e. The fourth-order valence-electron chi connectivity index (χ4n) is 0.307. The first kappa shape index (κ1) is 5.02. The van der Waals surface area contributed by atoms with Crippen molar-refractivity contribution in [2.45, 2.75) is 0 Å². The number of allylic oxidation sites excluding steroid dienone is 1. The van der Waals surface area contributed by atoms with Crippen molar-refractivity contribution in [2.75, 3.05) is 0 Å². The molecule has 0 aliphatic carbocycles. The summed E-state index contributed by atoms with van der Waals surface area (Å²) < 4.78 is 23.5. The Morgan fingerprint density at radius 2 is 2.12 bits per heavy atom. The Bertz CT molecular complexity index is 116. The van der Waals surface area contributed by atoms with Crippen molar-refractivity contribution in [1.82, 2.24) is 10.6 Å². The van der Waals surface area contributed by atoms with E-state index in [0.29, 0.717) is 0 Å². The van der Waals surface area contributed by atoms with Gasteiger partial charge < -0.3 is 0 Å². The van der Waals surface area contributed by atoms with Gasteiger partial charge in [0.05, 0.1) is 12.4 Å². The van der Waals surface area contributed by atoms with Crippen molar-refractivity contribution in [1.29, 1.82) is 0 Å². The molecule has 5 heteroatoms. The second-order valence-electron chi connectivity index (χ2n) is 1.14. The molecular weight excluding hydrogens is 116 g/mol. The molecule has 0 aromatic rings. The molecule has 0 aromatic carbocycles. The van der Waals surface area contributed by atoms with Gasteiger partial charge in [-0.05, 0) is 6.08 Å². The summed E-state index contributed by atoms with van der Waals surface area (Å²) >= 11 is 0. The van der Waals surface area contributed by atoms with Crippen LogP contribution in [0.25, 0.3) is 0 Å². The fourth-order valence-corrected chi connectivity index (χ4v) is 0.307. The zero-order chi connectivity index (χ0) is 5.98. The van der Waals surface area contributed by atoms with Crippen molar-refractivity contribution in [2.24, 2.45) is 5.10 Å². The average molecular weight is 119 g/mol. The predicted molar refractivity (Wildman–Crippen MR) is 23.5 cm³/mol. The van der Waals surface area contributed by atoms with E-state index in [4.69, 9.17) is 0 Å². The van der Waals surface area contributed by atoms with E-state index in [1.54, 1.807) is 0 Å². The SMILES string of the molecule is FN1C=CC=NN1F. The Morgan fingerprint density at radius 3 is 2.50 bits per heavy atom. The molecule has 0 amide bonds. The van der Waals surface area contributed by atoms with Crippen LogP contribution in [0.3, 0.4) is 0 Å². The standard InChI is InChI=1S/C3H3F2N3/c4-7-3-1-2-6-8(7)5/h1-3H. The first-order chi connectivity index (χ1) is 3.80. The smallest absolute Gasteiger partial charge is 0.0632 e. The van der Waals surface area contributed by atoms with Crippen LogP contribution in [-0.2, 0) is 0 Å². The predicted octanol–water partition coefficient (Wildman–Crippen LogP) is 0.788. The first-order valence-corrected chi connectivity index (χ1v) is 1.92. The van der Waals surface area contributed by atoms with E-state index in [1.165, 1.54) is 6.08 Å². The monoisotopic (exact) mass is 119 g/mol. The van der Waals surface area contributed by atoms with E-state index in [2.05, 4.69) is 5.10 Å². The molecule has 0 saturated heterocycles. The van der Waals surface area contributed by atoms with E-state index in [9.17, 15) is 8.96 Å². The van der Waals surface area contributed by atoms with Gasteiger partial charge in [0.25, 0.3) is 0 Å². The maximum absolute atomic E-state index is 11.8. The molecule has 0 spiro atoms. The molecule has 1 rings (SSSR count). The van der Waals surface area contributed by atoms with Gasteiger partial charge in [-0.15, -0.1) is 5.10 Å². The molecule has 8 heavy (non-hydrogen) atoms. The van der Waals surface area contributed by atoms with E-state index in [1.807, 2.05) is 0 Å². The van der Waals surface area contributed by atoms with Crippen LogP contribution in [0.5, 0.6) is 0 Å². The lowest BCUT2D eigenvalue weighted by molar-refractivity contribution is -0.239. The van der Waals surface area contributed by atoms with Gasteiger partial charge in [0.1, 0.15) is 0 Å². The highest BCUT2D eigenvalue weighted by atomic mass is 19.2. The maximum Gasteiger partial charge on any atom is 0.0632 e. The van der Waals surface area contributed by atoms with E-state index < -0.39 is 5.34 Å². The molecule has 0 aromatic heterocycles. The molecule has 1 aliphatic rings. The summed E-state index contributed by atoms with van der Waals surface area (Å²) in [6.07, 6.45) is 3.30. The third-order valence-electron chi connectivity index (χ3n) is 0.615. The fraction of sp³-hybridized carbons (Fsp3) is 0. The molecular formula is C3H3F2N3. The lowest BCUT2D eigenvalue weighted by atomic mass is 10.7. The number of hydrogen-bond acceptors (Lipinski definition) is 3. The van der Waals surface area contributed by atoms with Gasteiger partial charge in [-0.2, -0.15) is 0 Å². The van der Waals surface area contributed by atoms with Gasteiger partial charge in [0.15, 0.2) is 0 Å². The minimum Gasteiger partial charge on any atom is -0.131 e. The topological polar surface area (TPSA) is 18.8 Å². The number of hydrazone groups is 1. The van der Waals surface area contributed by atoms with E-state index in [-0.39, 0.29) is 5.23 Å². The molecule has 0 fully saturated rings. The van der Waals surface area contributed by atoms with Gasteiger partial charge in [0.2, 0.25) is 0 Å². The Labute approximate surface area is 44.3 Å². The van der Waals surface area contributed by atoms with Gasteiger partial charge in [-0.25, -0.2) is 0 Å². The lowest BCUT2D eigenvalue weighted by Gasteiger charge is -2.13. The van der Waals surface area contributed by atoms with Crippen LogP contribution in [0.4, 0.5) is 8.96 Å². The number of hydrazine groups is 1. The summed E-state index contributed by atoms with van der Waals surface area (Å²) in [7, 11) is 0. The summed E-state index contributed by atoms with van der Waals surface area (Å²) in [6, 6.07) is 0. The summed E-state index contributed by atoms with van der Waals surface area (Å²) in [5.41, 5.74) is 0. The molecule has 0 bridgehead atoms. The van der Waals surface area contributed by atoms with Crippen LogP contribution >= 0.6 is 0 Å². The van der Waals surface area contributed by atoms with Crippen LogP contribution < -0.4 is 0 Å². The maximum atomic E-state index is 11.8. The minimum atomic E-state index is -0.417. The highest BCUT2D eigenvalue weighted by Crippen LogP contribution is 2.03. The Hall–Kier alpha value is -1.13. The third kappa shape index (κ3) is 0.749. The first-order valence-electron chi connectivity index (χ1n) is 1.92. The Kier molecular flexibility index (Phi) is 1.11. The summed E-state index contributed by atoms with van der Waals surface area (Å²) in [5.74, 6) is 0. The zero-order valence-corrected chi connectivity index (χ0v) is 3.83. The van der Waals surface area contributed by atoms with Crippen molar-refractivity contribution in [3.8, 4) is 0 Å². The Morgan fingerprint density at radius 1 is 1.38 bits per heavy atom. The minimum absolute atomic E-state index is 0.278. The van der Waals surface area contributed by atoms with Crippen LogP contribution in [-0.4, -0.2) is 16.8 Å². The lowest BCUT2D eigenvalue weighted by Crippen LogP contribution is -2.21. The van der Waals surface area contributed by atoms with E-state index in [0.717, 1.165) is 12.4 Å². The van der Waals surface area contributed by atoms with Crippen LogP contribution in [0.2, 0.25) is 0 Å². The molecule has 3 nitrogen and oxygen atoms in total. The number of rotatable bonds is 0. The second-order valence-corrected chi connectivity index (χ2v) is 1.14. The molecule has 1 heterocycles. The summed E-state index contributed by atoms with van der Waals surface area (Å²) in [5, 5.41) is 2.22. The number of halogens is 2. The number of nitrogens with zero attached hydrogens (tertiary/aromatic N) is 3. The second kappa shape index (κ2) is 1.77. The molecule has 44 valence electrons. The van der Waals surface area contributed by atoms with Crippen molar-refractivity contribution in [3.63, 3.8) is 0 Å². The quantitative estimate of drug-likeness (QED) is 0.439. The highest BCUT2D eigenvalue weighted by Gasteiger charge is 2.06. The van der Waals surface area contributed by atoms with Gasteiger partial charge in [-0.3, -0.25) is 0 Å². The van der Waals surface area contributed by atoms with E-state index >= 15 is 0 Å². The molecule has 0 saturated carbocycles. The molecule has 1 aliphatic heterocycles. The van der Waals surface area contributed by atoms with Crippen LogP contribution in [0, 0.1) is 0 Å². The highest BCUT2D eigenvalue weighted by molar-refractivity contribution is 5.70. The zero-order valence-electron chi connectivity index (χ0n) is 3.83. The van der Waals surface area contributed by atoms with Gasteiger partial charge in [0, 0.05) is 5.34 Å². The molecule has 0 unspecified atom stereocenters. The van der Waals surface area contributed by atoms with Gasteiger partial charge >= 0.3 is 0 Å². The Balaban J connectivity index is 2.59.